The van der Waals surface area contributed by atoms with Crippen LogP contribution in [0.5, 0.6) is 0 Å². The summed E-state index contributed by atoms with van der Waals surface area (Å²) in [6.07, 6.45) is -6.17. The van der Waals surface area contributed by atoms with E-state index in [4.69, 9.17) is 5.73 Å². The van der Waals surface area contributed by atoms with Crippen LogP contribution >= 0.6 is 0 Å². The molecule has 2 atom stereocenters. The van der Waals surface area contributed by atoms with Gasteiger partial charge in [0.05, 0.1) is 6.10 Å². The molecule has 90 valence electrons. The molecule has 0 aliphatic rings. The number of aryl methyl sites for hydroxylation is 1. The van der Waals surface area contributed by atoms with Crippen molar-refractivity contribution in [2.45, 2.75) is 31.7 Å². The quantitative estimate of drug-likeness (QED) is 0.841. The number of aliphatic hydroxyl groups excluding tert-OH is 1. The number of alkyl halides is 3. The first kappa shape index (κ1) is 13.0. The third-order valence-corrected chi connectivity index (χ3v) is 2.36. The average Bonchev–Trinajstić information content (AvgIpc) is 2.17. The highest BCUT2D eigenvalue weighted by molar-refractivity contribution is 5.23. The lowest BCUT2D eigenvalue weighted by Gasteiger charge is -2.19. The summed E-state index contributed by atoms with van der Waals surface area (Å²) in [5, 5.41) is 9.57. The van der Waals surface area contributed by atoms with Crippen molar-refractivity contribution in [2.75, 3.05) is 0 Å². The Morgan fingerprint density at radius 3 is 2.19 bits per heavy atom. The molecular weight excluding hydrogens is 219 g/mol. The predicted molar refractivity (Wildman–Crippen MR) is 54.8 cm³/mol. The van der Waals surface area contributed by atoms with Gasteiger partial charge in [-0.15, -0.1) is 0 Å². The van der Waals surface area contributed by atoms with Gasteiger partial charge in [0.15, 0.2) is 0 Å². The summed E-state index contributed by atoms with van der Waals surface area (Å²) in [4.78, 5) is 0. The minimum absolute atomic E-state index is 0.449. The number of hydrogen-bond donors (Lipinski definition) is 2. The van der Waals surface area contributed by atoms with E-state index in [1.54, 1.807) is 24.3 Å². The Balaban J connectivity index is 2.65. The SMILES string of the molecule is Cc1ccc(C(O)CC(N)C(F)(F)F)cc1. The van der Waals surface area contributed by atoms with E-state index in [1.807, 2.05) is 6.92 Å². The van der Waals surface area contributed by atoms with Gasteiger partial charge in [-0.3, -0.25) is 0 Å². The molecule has 3 N–H and O–H groups in total. The Kier molecular flexibility index (Phi) is 3.93. The van der Waals surface area contributed by atoms with Gasteiger partial charge in [0.1, 0.15) is 6.04 Å². The smallest absolute Gasteiger partial charge is 0.388 e. The predicted octanol–water partition coefficient (Wildman–Crippen LogP) is 2.31. The molecule has 0 saturated carbocycles. The number of nitrogens with two attached hydrogens (primary N) is 1. The molecule has 0 heterocycles. The molecule has 0 bridgehead atoms. The van der Waals surface area contributed by atoms with Gasteiger partial charge >= 0.3 is 6.18 Å². The molecule has 0 amide bonds. The Morgan fingerprint density at radius 1 is 1.25 bits per heavy atom. The van der Waals surface area contributed by atoms with E-state index in [2.05, 4.69) is 0 Å². The van der Waals surface area contributed by atoms with Crippen molar-refractivity contribution in [3.8, 4) is 0 Å². The molecule has 0 saturated heterocycles. The summed E-state index contributed by atoms with van der Waals surface area (Å²) < 4.78 is 36.5. The van der Waals surface area contributed by atoms with Crippen molar-refractivity contribution in [3.05, 3.63) is 35.4 Å². The van der Waals surface area contributed by atoms with E-state index in [-0.39, 0.29) is 0 Å². The average molecular weight is 233 g/mol. The molecule has 16 heavy (non-hydrogen) atoms. The summed E-state index contributed by atoms with van der Waals surface area (Å²) in [6, 6.07) is 4.67. The van der Waals surface area contributed by atoms with Gasteiger partial charge in [-0.25, -0.2) is 0 Å². The van der Waals surface area contributed by atoms with Crippen LogP contribution < -0.4 is 5.73 Å². The van der Waals surface area contributed by atoms with E-state index in [0.29, 0.717) is 5.56 Å². The lowest BCUT2D eigenvalue weighted by Crippen LogP contribution is -2.38. The van der Waals surface area contributed by atoms with Gasteiger partial charge in [0.25, 0.3) is 0 Å². The Labute approximate surface area is 91.9 Å². The summed E-state index contributed by atoms with van der Waals surface area (Å²) in [5.74, 6) is 0. The summed E-state index contributed by atoms with van der Waals surface area (Å²) in [7, 11) is 0. The van der Waals surface area contributed by atoms with Crippen LogP contribution in [0, 0.1) is 6.92 Å². The first-order valence-corrected chi connectivity index (χ1v) is 4.87. The fourth-order valence-electron chi connectivity index (χ4n) is 1.30. The van der Waals surface area contributed by atoms with Crippen molar-refractivity contribution in [2.24, 2.45) is 5.73 Å². The molecule has 1 rings (SSSR count). The lowest BCUT2D eigenvalue weighted by molar-refractivity contribution is -0.153. The third kappa shape index (κ3) is 3.50. The van der Waals surface area contributed by atoms with E-state index >= 15 is 0 Å². The van der Waals surface area contributed by atoms with Crippen LogP contribution in [0.4, 0.5) is 13.2 Å². The molecule has 5 heteroatoms. The molecule has 0 spiro atoms. The fourth-order valence-corrected chi connectivity index (χ4v) is 1.30. The van der Waals surface area contributed by atoms with Crippen LogP contribution in [0.25, 0.3) is 0 Å². The van der Waals surface area contributed by atoms with E-state index in [1.165, 1.54) is 0 Å². The van der Waals surface area contributed by atoms with Crippen molar-refractivity contribution in [3.63, 3.8) is 0 Å². The van der Waals surface area contributed by atoms with Crippen LogP contribution in [-0.2, 0) is 0 Å². The minimum atomic E-state index is -4.47. The number of aliphatic hydroxyl groups is 1. The zero-order valence-electron chi connectivity index (χ0n) is 8.83. The Bertz CT molecular complexity index is 334. The molecule has 0 aromatic heterocycles. The molecule has 1 aromatic rings. The first-order valence-electron chi connectivity index (χ1n) is 4.87. The molecule has 0 radical (unpaired) electrons. The van der Waals surface area contributed by atoms with E-state index < -0.39 is 24.7 Å². The maximum absolute atomic E-state index is 12.2. The van der Waals surface area contributed by atoms with Gasteiger partial charge in [-0.2, -0.15) is 13.2 Å². The van der Waals surface area contributed by atoms with E-state index in [9.17, 15) is 18.3 Å². The first-order chi connectivity index (χ1) is 7.30. The van der Waals surface area contributed by atoms with Crippen molar-refractivity contribution >= 4 is 0 Å². The van der Waals surface area contributed by atoms with Crippen molar-refractivity contribution in [1.29, 1.82) is 0 Å². The highest BCUT2D eigenvalue weighted by Crippen LogP contribution is 2.26. The van der Waals surface area contributed by atoms with Crippen LogP contribution in [0.3, 0.4) is 0 Å². The van der Waals surface area contributed by atoms with Crippen LogP contribution in [0.2, 0.25) is 0 Å². The second-order valence-corrected chi connectivity index (χ2v) is 3.81. The molecule has 0 aliphatic carbocycles. The van der Waals surface area contributed by atoms with Gasteiger partial charge in [0, 0.05) is 6.42 Å². The minimum Gasteiger partial charge on any atom is -0.388 e. The van der Waals surface area contributed by atoms with Gasteiger partial charge < -0.3 is 10.8 Å². The van der Waals surface area contributed by atoms with Crippen molar-refractivity contribution < 1.29 is 18.3 Å². The highest BCUT2D eigenvalue weighted by Gasteiger charge is 2.37. The summed E-state index contributed by atoms with van der Waals surface area (Å²) >= 11 is 0. The second-order valence-electron chi connectivity index (χ2n) is 3.81. The number of benzene rings is 1. The zero-order valence-corrected chi connectivity index (χ0v) is 8.83. The normalized spacial score (nSPS) is 15.9. The topological polar surface area (TPSA) is 46.2 Å². The van der Waals surface area contributed by atoms with Gasteiger partial charge in [-0.1, -0.05) is 29.8 Å². The molecule has 0 fully saturated rings. The highest BCUT2D eigenvalue weighted by atomic mass is 19.4. The zero-order chi connectivity index (χ0) is 12.3. The summed E-state index contributed by atoms with van der Waals surface area (Å²) in [6.45, 7) is 1.86. The Hall–Kier alpha value is -1.07. The van der Waals surface area contributed by atoms with Gasteiger partial charge in [0.2, 0.25) is 0 Å². The molecule has 2 unspecified atom stereocenters. The van der Waals surface area contributed by atoms with Crippen LogP contribution in [-0.4, -0.2) is 17.3 Å². The largest absolute Gasteiger partial charge is 0.403 e. The maximum atomic E-state index is 12.2. The number of halogens is 3. The van der Waals surface area contributed by atoms with Crippen LogP contribution in [0.15, 0.2) is 24.3 Å². The van der Waals surface area contributed by atoms with Gasteiger partial charge in [-0.05, 0) is 12.5 Å². The molecular formula is C11H14F3NO. The van der Waals surface area contributed by atoms with E-state index in [0.717, 1.165) is 5.56 Å². The van der Waals surface area contributed by atoms with Crippen molar-refractivity contribution in [1.82, 2.24) is 0 Å². The monoisotopic (exact) mass is 233 g/mol. The molecule has 0 aliphatic heterocycles. The second kappa shape index (κ2) is 4.84. The molecule has 1 aromatic carbocycles. The summed E-state index contributed by atoms with van der Waals surface area (Å²) in [5.41, 5.74) is 6.37. The maximum Gasteiger partial charge on any atom is 0.403 e. The molecule has 2 nitrogen and oxygen atoms in total. The number of hydrogen-bond acceptors (Lipinski definition) is 2. The third-order valence-electron chi connectivity index (χ3n) is 2.36. The number of rotatable bonds is 3. The fraction of sp³-hybridized carbons (Fsp3) is 0.455. The lowest BCUT2D eigenvalue weighted by atomic mass is 10.0. The Morgan fingerprint density at radius 2 is 1.75 bits per heavy atom. The standard InChI is InChI=1S/C11H14F3NO/c1-7-2-4-8(5-3-7)9(16)6-10(15)11(12,13)14/h2-5,9-10,16H,6,15H2,1H3. The van der Waals surface area contributed by atoms with Crippen LogP contribution in [0.1, 0.15) is 23.7 Å².